The van der Waals surface area contributed by atoms with E-state index in [0.717, 1.165) is 24.3 Å². The van der Waals surface area contributed by atoms with E-state index in [1.165, 1.54) is 17.4 Å². The molecule has 0 spiro atoms. The summed E-state index contributed by atoms with van der Waals surface area (Å²) in [5, 5.41) is 3.42. The summed E-state index contributed by atoms with van der Waals surface area (Å²) < 4.78 is 13.4. The van der Waals surface area contributed by atoms with E-state index in [1.807, 2.05) is 24.9 Å². The number of benzene rings is 1. The molecule has 0 radical (unpaired) electrons. The number of likely N-dealkylation sites (N-methyl/N-ethyl adjacent to an activating group) is 2. The van der Waals surface area contributed by atoms with E-state index in [0.29, 0.717) is 12.1 Å². The van der Waals surface area contributed by atoms with Crippen molar-refractivity contribution < 1.29 is 4.39 Å². The highest BCUT2D eigenvalue weighted by molar-refractivity contribution is 7.99. The largest absolute Gasteiger partial charge is 0.315 e. The molecule has 1 heterocycles. The Kier molecular flexibility index (Phi) is 5.25. The molecule has 4 heteroatoms. The Hall–Kier alpha value is -0.580. The molecule has 19 heavy (non-hydrogen) atoms. The van der Waals surface area contributed by atoms with Crippen LogP contribution in [0.25, 0.3) is 0 Å². The molecule has 2 unspecified atom stereocenters. The zero-order chi connectivity index (χ0) is 13.8. The van der Waals surface area contributed by atoms with Crippen molar-refractivity contribution in [3.05, 3.63) is 35.1 Å². The van der Waals surface area contributed by atoms with Gasteiger partial charge in [-0.15, -0.1) is 0 Å². The van der Waals surface area contributed by atoms with Gasteiger partial charge in [-0.2, -0.15) is 11.8 Å². The summed E-state index contributed by atoms with van der Waals surface area (Å²) in [7, 11) is 4.19. The van der Waals surface area contributed by atoms with Gasteiger partial charge in [0.25, 0.3) is 0 Å². The number of nitrogens with one attached hydrogen (secondary N) is 1. The lowest BCUT2D eigenvalue weighted by molar-refractivity contribution is 0.219. The quantitative estimate of drug-likeness (QED) is 0.912. The summed E-state index contributed by atoms with van der Waals surface area (Å²) in [4.78, 5) is 2.42. The summed E-state index contributed by atoms with van der Waals surface area (Å²) in [6.07, 6.45) is 0.885. The van der Waals surface area contributed by atoms with Gasteiger partial charge < -0.3 is 10.2 Å². The Morgan fingerprint density at radius 2 is 2.32 bits per heavy atom. The molecule has 2 atom stereocenters. The van der Waals surface area contributed by atoms with Crippen molar-refractivity contribution in [3.8, 4) is 0 Å². The number of aryl methyl sites for hydroxylation is 1. The summed E-state index contributed by atoms with van der Waals surface area (Å²) in [6, 6.07) is 5.98. The first-order valence-electron chi connectivity index (χ1n) is 6.82. The van der Waals surface area contributed by atoms with Crippen LogP contribution in [-0.4, -0.2) is 49.1 Å². The fraction of sp³-hybridized carbons (Fsp3) is 0.600. The molecule has 1 saturated heterocycles. The van der Waals surface area contributed by atoms with Crippen molar-refractivity contribution in [3.63, 3.8) is 0 Å². The summed E-state index contributed by atoms with van der Waals surface area (Å²) >= 11 is 2.01. The lowest BCUT2D eigenvalue weighted by atomic mass is 9.96. The Balaban J connectivity index is 2.11. The number of thioether (sulfide) groups is 1. The first-order chi connectivity index (χ1) is 9.11. The van der Waals surface area contributed by atoms with Crippen LogP contribution in [0.2, 0.25) is 0 Å². The van der Waals surface area contributed by atoms with Gasteiger partial charge in [0.05, 0.1) is 0 Å². The van der Waals surface area contributed by atoms with E-state index < -0.39 is 0 Å². The van der Waals surface area contributed by atoms with Gasteiger partial charge in [0.15, 0.2) is 0 Å². The standard InChI is InChI=1S/C15H23FN2S/c1-11-4-5-13(16)8-12(11)9-14(17-2)15-10-19-7-6-18(15)3/h4-5,8,14-15,17H,6-7,9-10H2,1-3H3. The topological polar surface area (TPSA) is 15.3 Å². The van der Waals surface area contributed by atoms with Gasteiger partial charge in [0.1, 0.15) is 5.82 Å². The lowest BCUT2D eigenvalue weighted by Crippen LogP contribution is -2.52. The van der Waals surface area contributed by atoms with E-state index in [-0.39, 0.29) is 5.82 Å². The van der Waals surface area contributed by atoms with Crippen molar-refractivity contribution >= 4 is 11.8 Å². The number of hydrogen-bond acceptors (Lipinski definition) is 3. The molecule has 2 nitrogen and oxygen atoms in total. The minimum absolute atomic E-state index is 0.137. The average Bonchev–Trinajstić information content (AvgIpc) is 2.41. The molecule has 2 rings (SSSR count). The third-order valence-corrected chi connectivity index (χ3v) is 5.08. The Labute approximate surface area is 119 Å². The minimum atomic E-state index is -0.137. The average molecular weight is 282 g/mol. The molecule has 0 aliphatic carbocycles. The molecule has 1 aliphatic rings. The van der Waals surface area contributed by atoms with Crippen LogP contribution in [0.15, 0.2) is 18.2 Å². The van der Waals surface area contributed by atoms with Crippen molar-refractivity contribution in [2.75, 3.05) is 32.1 Å². The monoisotopic (exact) mass is 282 g/mol. The minimum Gasteiger partial charge on any atom is -0.315 e. The van der Waals surface area contributed by atoms with Gasteiger partial charge in [-0.1, -0.05) is 6.07 Å². The summed E-state index contributed by atoms with van der Waals surface area (Å²) in [5.41, 5.74) is 2.29. The summed E-state index contributed by atoms with van der Waals surface area (Å²) in [6.45, 7) is 3.19. The fourth-order valence-corrected chi connectivity index (χ4v) is 3.97. The SMILES string of the molecule is CNC(Cc1cc(F)ccc1C)C1CSCCN1C. The van der Waals surface area contributed by atoms with Gasteiger partial charge in [-0.25, -0.2) is 4.39 Å². The summed E-state index contributed by atoms with van der Waals surface area (Å²) in [5.74, 6) is 2.22. The highest BCUT2D eigenvalue weighted by Gasteiger charge is 2.27. The van der Waals surface area contributed by atoms with E-state index in [4.69, 9.17) is 0 Å². The zero-order valence-corrected chi connectivity index (χ0v) is 12.8. The number of hydrogen-bond donors (Lipinski definition) is 1. The molecule has 106 valence electrons. The van der Waals surface area contributed by atoms with Gasteiger partial charge >= 0.3 is 0 Å². The number of halogens is 1. The molecule has 0 saturated carbocycles. The van der Waals surface area contributed by atoms with Gasteiger partial charge in [0.2, 0.25) is 0 Å². The first kappa shape index (κ1) is 14.8. The molecular formula is C15H23FN2S. The van der Waals surface area contributed by atoms with E-state index in [2.05, 4.69) is 24.2 Å². The molecule has 1 aromatic carbocycles. The van der Waals surface area contributed by atoms with Gasteiger partial charge in [0, 0.05) is 30.1 Å². The molecule has 0 amide bonds. The molecular weight excluding hydrogens is 259 g/mol. The van der Waals surface area contributed by atoms with Crippen molar-refractivity contribution in [1.29, 1.82) is 0 Å². The smallest absolute Gasteiger partial charge is 0.123 e. The molecule has 1 aliphatic heterocycles. The highest BCUT2D eigenvalue weighted by Crippen LogP contribution is 2.21. The lowest BCUT2D eigenvalue weighted by Gasteiger charge is -2.38. The Bertz CT molecular complexity index is 425. The van der Waals surface area contributed by atoms with Crippen LogP contribution in [0.1, 0.15) is 11.1 Å². The van der Waals surface area contributed by atoms with Crippen molar-refractivity contribution in [1.82, 2.24) is 10.2 Å². The van der Waals surface area contributed by atoms with Crippen LogP contribution in [0.5, 0.6) is 0 Å². The molecule has 0 bridgehead atoms. The normalized spacial score (nSPS) is 22.4. The van der Waals surface area contributed by atoms with Gasteiger partial charge in [-0.3, -0.25) is 0 Å². The molecule has 1 aromatic rings. The van der Waals surface area contributed by atoms with Crippen LogP contribution in [0, 0.1) is 12.7 Å². The second-order valence-electron chi connectivity index (χ2n) is 5.29. The van der Waals surface area contributed by atoms with E-state index in [1.54, 1.807) is 6.07 Å². The van der Waals surface area contributed by atoms with Crippen molar-refractivity contribution in [2.24, 2.45) is 0 Å². The maximum atomic E-state index is 13.4. The molecule has 1 N–H and O–H groups in total. The zero-order valence-electron chi connectivity index (χ0n) is 11.9. The van der Waals surface area contributed by atoms with Crippen LogP contribution in [0.4, 0.5) is 4.39 Å². The first-order valence-corrected chi connectivity index (χ1v) is 7.97. The van der Waals surface area contributed by atoms with Crippen LogP contribution in [-0.2, 0) is 6.42 Å². The Morgan fingerprint density at radius 3 is 3.00 bits per heavy atom. The molecule has 0 aromatic heterocycles. The number of rotatable bonds is 4. The second kappa shape index (κ2) is 6.73. The van der Waals surface area contributed by atoms with Crippen LogP contribution < -0.4 is 5.32 Å². The molecule has 1 fully saturated rings. The highest BCUT2D eigenvalue weighted by atomic mass is 32.2. The van der Waals surface area contributed by atoms with E-state index >= 15 is 0 Å². The predicted molar refractivity (Wildman–Crippen MR) is 81.4 cm³/mol. The second-order valence-corrected chi connectivity index (χ2v) is 6.44. The number of nitrogens with zero attached hydrogens (tertiary/aromatic N) is 1. The fourth-order valence-electron chi connectivity index (χ4n) is 2.66. The maximum Gasteiger partial charge on any atom is 0.123 e. The third kappa shape index (κ3) is 3.71. The predicted octanol–water partition coefficient (Wildman–Crippen LogP) is 2.31. The Morgan fingerprint density at radius 1 is 1.53 bits per heavy atom. The van der Waals surface area contributed by atoms with Crippen LogP contribution >= 0.6 is 11.8 Å². The van der Waals surface area contributed by atoms with Gasteiger partial charge in [-0.05, 0) is 50.7 Å². The van der Waals surface area contributed by atoms with E-state index in [9.17, 15) is 4.39 Å². The third-order valence-electron chi connectivity index (χ3n) is 4.03. The maximum absolute atomic E-state index is 13.4. The van der Waals surface area contributed by atoms with Crippen LogP contribution in [0.3, 0.4) is 0 Å². The van der Waals surface area contributed by atoms with Crippen molar-refractivity contribution in [2.45, 2.75) is 25.4 Å².